The Kier molecular flexibility index (Phi) is 11.1. The number of aromatic nitrogens is 2. The highest BCUT2D eigenvalue weighted by Gasteiger charge is 2.43. The van der Waals surface area contributed by atoms with Crippen molar-refractivity contribution < 1.29 is 24.3 Å². The maximum Gasteiger partial charge on any atom is 0.315 e. The van der Waals surface area contributed by atoms with Gasteiger partial charge in [0.05, 0.1) is 59.2 Å². The number of thioether (sulfide) groups is 1. The summed E-state index contributed by atoms with van der Waals surface area (Å²) in [4.78, 5) is 66.5. The van der Waals surface area contributed by atoms with Gasteiger partial charge in [-0.3, -0.25) is 23.7 Å². The van der Waals surface area contributed by atoms with Gasteiger partial charge < -0.3 is 26.4 Å². The zero-order valence-corrected chi connectivity index (χ0v) is 27.3. The molecule has 0 saturated carbocycles. The number of benzene rings is 1. The van der Waals surface area contributed by atoms with Crippen LogP contribution in [-0.2, 0) is 20.9 Å². The molecule has 3 aliphatic heterocycles. The maximum absolute atomic E-state index is 13.2. The summed E-state index contributed by atoms with van der Waals surface area (Å²) in [5.41, 5.74) is 2.95. The Morgan fingerprint density at radius 1 is 1.18 bits per heavy atom. The summed E-state index contributed by atoms with van der Waals surface area (Å²) in [5, 5.41) is 26.8. The predicted molar refractivity (Wildman–Crippen MR) is 173 cm³/mol. The van der Waals surface area contributed by atoms with Crippen molar-refractivity contribution in [1.82, 2.24) is 36.2 Å². The van der Waals surface area contributed by atoms with Crippen molar-refractivity contribution in [2.45, 2.75) is 74.5 Å². The third-order valence-electron chi connectivity index (χ3n) is 8.00. The second kappa shape index (κ2) is 15.0. The number of piperidine rings is 1. The third-order valence-corrected chi connectivity index (χ3v) is 10.6. The molecule has 3 fully saturated rings. The molecule has 1 aromatic carbocycles. The lowest BCUT2D eigenvalue weighted by Gasteiger charge is -2.29. The highest BCUT2D eigenvalue weighted by molar-refractivity contribution is 9.10. The molecule has 14 nitrogen and oxygen atoms in total. The van der Waals surface area contributed by atoms with Crippen LogP contribution in [-0.4, -0.2) is 92.3 Å². The van der Waals surface area contributed by atoms with Gasteiger partial charge in [0, 0.05) is 47.2 Å². The molecule has 0 aliphatic carbocycles. The van der Waals surface area contributed by atoms with Crippen LogP contribution in [0.25, 0.3) is 10.9 Å². The van der Waals surface area contributed by atoms with E-state index in [1.165, 1.54) is 17.0 Å². The molecule has 2 aromatic rings. The summed E-state index contributed by atoms with van der Waals surface area (Å²) >= 11 is 11.2. The number of hydrazone groups is 1. The van der Waals surface area contributed by atoms with E-state index in [-0.39, 0.29) is 79.5 Å². The number of Topliss-reactive ketones (excluding diaryl/α,β-unsaturated/α-hetero) is 1. The molecular formula is C28H34BrClN8O6S. The van der Waals surface area contributed by atoms with Crippen molar-refractivity contribution in [2.75, 3.05) is 18.8 Å². The average Bonchev–Trinajstić information content (AvgIpc) is 3.56. The van der Waals surface area contributed by atoms with E-state index in [1.807, 2.05) is 0 Å². The van der Waals surface area contributed by atoms with Crippen LogP contribution in [0.4, 0.5) is 4.79 Å². The molecule has 3 unspecified atom stereocenters. The minimum absolute atomic E-state index is 0.00423. The van der Waals surface area contributed by atoms with E-state index in [9.17, 15) is 29.1 Å². The Balaban J connectivity index is 1.15. The van der Waals surface area contributed by atoms with Crippen LogP contribution in [0.2, 0.25) is 5.02 Å². The van der Waals surface area contributed by atoms with Gasteiger partial charge in [0.1, 0.15) is 5.78 Å². The first-order valence-electron chi connectivity index (χ1n) is 14.6. The second-order valence-electron chi connectivity index (χ2n) is 11.3. The molecule has 5 atom stereocenters. The van der Waals surface area contributed by atoms with Crippen molar-refractivity contribution in [3.8, 4) is 0 Å². The Morgan fingerprint density at radius 2 is 2.00 bits per heavy atom. The highest BCUT2D eigenvalue weighted by atomic mass is 79.9. The number of carbonyl (C=O) groups is 4. The van der Waals surface area contributed by atoms with Crippen LogP contribution in [0.5, 0.6) is 0 Å². The molecule has 242 valence electrons. The van der Waals surface area contributed by atoms with Crippen molar-refractivity contribution in [2.24, 2.45) is 5.10 Å². The summed E-state index contributed by atoms with van der Waals surface area (Å²) in [6, 6.07) is 2.56. The van der Waals surface area contributed by atoms with Gasteiger partial charge in [-0.25, -0.2) is 15.2 Å². The molecule has 4 heterocycles. The van der Waals surface area contributed by atoms with Gasteiger partial charge in [-0.05, 0) is 47.4 Å². The summed E-state index contributed by atoms with van der Waals surface area (Å²) in [6.45, 7) is 0.351. The SMILES string of the molecule is O=C(CCC(=O)NCC(=O)N/N=C(/C[C@@H]1NCCC[C@H]1O)Cn1cnc2cc(Br)c(Cl)cc2c1=O)CC1SCC2NC(=O)NC21. The lowest BCUT2D eigenvalue weighted by Crippen LogP contribution is -2.46. The molecule has 17 heteroatoms. The maximum atomic E-state index is 13.2. The highest BCUT2D eigenvalue weighted by Crippen LogP contribution is 2.32. The van der Waals surface area contributed by atoms with Crippen LogP contribution < -0.4 is 32.3 Å². The van der Waals surface area contributed by atoms with Gasteiger partial charge in [0.2, 0.25) is 5.91 Å². The number of aliphatic hydroxyl groups excluding tert-OH is 1. The fourth-order valence-corrected chi connectivity index (χ4v) is 7.61. The zero-order chi connectivity index (χ0) is 32.1. The lowest BCUT2D eigenvalue weighted by molar-refractivity contribution is -0.127. The van der Waals surface area contributed by atoms with Crippen LogP contribution >= 0.6 is 39.3 Å². The summed E-state index contributed by atoms with van der Waals surface area (Å²) < 4.78 is 1.97. The van der Waals surface area contributed by atoms with E-state index in [1.54, 1.807) is 17.8 Å². The predicted octanol–water partition coefficient (Wildman–Crippen LogP) is 0.809. The number of hydrogen-bond acceptors (Lipinski definition) is 10. The van der Waals surface area contributed by atoms with Crippen molar-refractivity contribution in [3.63, 3.8) is 0 Å². The van der Waals surface area contributed by atoms with E-state index in [4.69, 9.17) is 11.6 Å². The number of ketones is 1. The first kappa shape index (κ1) is 33.3. The normalized spacial score (nSPS) is 24.6. The van der Waals surface area contributed by atoms with E-state index in [2.05, 4.69) is 52.7 Å². The Bertz CT molecular complexity index is 1570. The second-order valence-corrected chi connectivity index (χ2v) is 13.8. The number of halogens is 2. The lowest BCUT2D eigenvalue weighted by atomic mass is 9.96. The first-order chi connectivity index (χ1) is 21.6. The summed E-state index contributed by atoms with van der Waals surface area (Å²) in [6.07, 6.45) is 2.68. The zero-order valence-electron chi connectivity index (χ0n) is 24.2. The van der Waals surface area contributed by atoms with Gasteiger partial charge in [0.15, 0.2) is 0 Å². The van der Waals surface area contributed by atoms with Gasteiger partial charge >= 0.3 is 6.03 Å². The molecule has 3 aliphatic rings. The van der Waals surface area contributed by atoms with Gasteiger partial charge in [-0.1, -0.05) is 11.6 Å². The largest absolute Gasteiger partial charge is 0.391 e. The van der Waals surface area contributed by atoms with Crippen LogP contribution in [0.1, 0.15) is 38.5 Å². The smallest absolute Gasteiger partial charge is 0.315 e. The minimum Gasteiger partial charge on any atom is -0.391 e. The number of urea groups is 1. The van der Waals surface area contributed by atoms with Crippen molar-refractivity contribution in [3.05, 3.63) is 38.3 Å². The Hall–Kier alpha value is -3.05. The fraction of sp³-hybridized carbons (Fsp3) is 0.536. The molecule has 6 N–H and O–H groups in total. The molecule has 45 heavy (non-hydrogen) atoms. The summed E-state index contributed by atoms with van der Waals surface area (Å²) in [7, 11) is 0. The van der Waals surface area contributed by atoms with Crippen LogP contribution in [0.15, 0.2) is 32.8 Å². The number of fused-ring (bicyclic) bond motifs is 2. The number of nitrogens with one attached hydrogen (secondary N) is 5. The van der Waals surface area contributed by atoms with Crippen LogP contribution in [0, 0.1) is 0 Å². The molecule has 4 amide bonds. The Morgan fingerprint density at radius 3 is 2.80 bits per heavy atom. The quantitative estimate of drug-likeness (QED) is 0.104. The average molecular weight is 726 g/mol. The number of hydrogen-bond donors (Lipinski definition) is 6. The number of carbonyl (C=O) groups excluding carboxylic acids is 4. The van der Waals surface area contributed by atoms with E-state index in [0.29, 0.717) is 32.5 Å². The topological polar surface area (TPSA) is 196 Å². The minimum atomic E-state index is -0.619. The van der Waals surface area contributed by atoms with Gasteiger partial charge in [0.25, 0.3) is 11.5 Å². The molecular weight excluding hydrogens is 692 g/mol. The van der Waals surface area contributed by atoms with Gasteiger partial charge in [-0.2, -0.15) is 16.9 Å². The third kappa shape index (κ3) is 8.61. The van der Waals surface area contributed by atoms with Crippen LogP contribution in [0.3, 0.4) is 0 Å². The number of aliphatic hydroxyl groups is 1. The summed E-state index contributed by atoms with van der Waals surface area (Å²) in [5.74, 6) is -0.399. The molecule has 5 rings (SSSR count). The monoisotopic (exact) mass is 724 g/mol. The fourth-order valence-electron chi connectivity index (χ4n) is 5.60. The molecule has 0 spiro atoms. The van der Waals surface area contributed by atoms with Crippen molar-refractivity contribution >= 4 is 79.5 Å². The first-order valence-corrected chi connectivity index (χ1v) is 16.9. The molecule has 3 saturated heterocycles. The molecule has 0 radical (unpaired) electrons. The number of rotatable bonds is 12. The number of amides is 4. The molecule has 1 aromatic heterocycles. The standard InChI is InChI=1S/C28H34BrClN8O6S/c29-17-9-19-16(8-18(17)30)27(43)38(13-33-19)11-14(6-20-22(40)2-1-5-31-20)36-37-25(42)10-32-24(41)4-3-15(39)7-23-26-21(12-45-23)34-28(44)35-26/h8-9,13,20-23,26,31,40H,1-7,10-12H2,(H,32,41)(H,37,42)(H2,34,35,44)/b36-14-/t20-,21?,22+,23?,26?/m0/s1. The molecule has 0 bridgehead atoms. The Labute approximate surface area is 276 Å². The van der Waals surface area contributed by atoms with Crippen molar-refractivity contribution in [1.29, 1.82) is 0 Å². The number of nitrogens with zero attached hydrogens (tertiary/aromatic N) is 3. The van der Waals surface area contributed by atoms with E-state index >= 15 is 0 Å². The van der Waals surface area contributed by atoms with E-state index in [0.717, 1.165) is 18.7 Å². The van der Waals surface area contributed by atoms with Gasteiger partial charge in [-0.15, -0.1) is 0 Å². The van der Waals surface area contributed by atoms with E-state index < -0.39 is 17.9 Å².